The van der Waals surface area contributed by atoms with E-state index in [9.17, 15) is 13.6 Å². The highest BCUT2D eigenvalue weighted by Gasteiger charge is 2.12. The lowest BCUT2D eigenvalue weighted by Crippen LogP contribution is -2.30. The number of benzene rings is 1. The van der Waals surface area contributed by atoms with Crippen LogP contribution in [0, 0.1) is 11.6 Å². The molecule has 0 atom stereocenters. The van der Waals surface area contributed by atoms with Crippen LogP contribution in [0.4, 0.5) is 31.2 Å². The lowest BCUT2D eigenvalue weighted by Gasteiger charge is -2.16. The first-order valence-corrected chi connectivity index (χ1v) is 7.35. The molecular weight excluding hydrogens is 332 g/mol. The van der Waals surface area contributed by atoms with E-state index in [1.807, 2.05) is 0 Å². The number of carbonyl (C=O) groups is 1. The molecule has 1 aromatic carbocycles. The van der Waals surface area contributed by atoms with Crippen molar-refractivity contribution in [2.24, 2.45) is 0 Å². The number of anilines is 3. The molecule has 2 rings (SSSR count). The Morgan fingerprint density at radius 2 is 1.64 bits per heavy atom. The monoisotopic (exact) mass is 351 g/mol. The van der Waals surface area contributed by atoms with Crippen LogP contribution in [0.25, 0.3) is 0 Å². The lowest BCUT2D eigenvalue weighted by atomic mass is 10.3. The molecule has 0 aliphatic carbocycles. The van der Waals surface area contributed by atoms with Gasteiger partial charge >= 0.3 is 6.03 Å². The minimum atomic E-state index is -0.861. The van der Waals surface area contributed by atoms with Gasteiger partial charge in [-0.25, -0.2) is 13.6 Å². The van der Waals surface area contributed by atoms with Crippen LogP contribution >= 0.6 is 0 Å². The van der Waals surface area contributed by atoms with Crippen LogP contribution in [0.3, 0.4) is 0 Å². The maximum atomic E-state index is 13.5. The van der Waals surface area contributed by atoms with Crippen LogP contribution in [0.5, 0.6) is 0 Å². The van der Waals surface area contributed by atoms with Gasteiger partial charge in [0, 0.05) is 34.3 Å². The summed E-state index contributed by atoms with van der Waals surface area (Å²) in [6.45, 7) is 0.0127. The minimum Gasteiger partial charge on any atom is -0.347 e. The van der Waals surface area contributed by atoms with Crippen molar-refractivity contribution in [3.8, 4) is 0 Å². The predicted octanol–water partition coefficient (Wildman–Crippen LogP) is 1.60. The van der Waals surface area contributed by atoms with Crippen LogP contribution in [0.2, 0.25) is 0 Å². The summed E-state index contributed by atoms with van der Waals surface area (Å²) < 4.78 is 26.4. The number of hydrogen-bond acceptors (Lipinski definition) is 6. The Hall–Kier alpha value is -3.04. The van der Waals surface area contributed by atoms with Crippen molar-refractivity contribution in [2.45, 2.75) is 6.54 Å². The zero-order valence-corrected chi connectivity index (χ0v) is 14.3. The molecule has 2 N–H and O–H groups in total. The fourth-order valence-electron chi connectivity index (χ4n) is 1.79. The smallest absolute Gasteiger partial charge is 0.319 e. The highest BCUT2D eigenvalue weighted by Crippen LogP contribution is 2.15. The van der Waals surface area contributed by atoms with Gasteiger partial charge in [-0.05, 0) is 12.1 Å². The lowest BCUT2D eigenvalue weighted by molar-refractivity contribution is 0.251. The van der Waals surface area contributed by atoms with Gasteiger partial charge in [-0.1, -0.05) is 0 Å². The third-order valence-electron chi connectivity index (χ3n) is 3.04. The maximum absolute atomic E-state index is 13.5. The predicted molar refractivity (Wildman–Crippen MR) is 90.7 cm³/mol. The molecule has 0 bridgehead atoms. The van der Waals surface area contributed by atoms with E-state index in [4.69, 9.17) is 0 Å². The van der Waals surface area contributed by atoms with Gasteiger partial charge in [0.2, 0.25) is 11.9 Å². The molecule has 0 spiro atoms. The Bertz CT molecular complexity index is 741. The fourth-order valence-corrected chi connectivity index (χ4v) is 1.79. The molecule has 0 aliphatic rings. The number of rotatable bonds is 5. The summed E-state index contributed by atoms with van der Waals surface area (Å²) in [7, 11) is 7.15. The van der Waals surface area contributed by atoms with Gasteiger partial charge in [-0.2, -0.15) is 15.0 Å². The van der Waals surface area contributed by atoms with Gasteiger partial charge in [-0.15, -0.1) is 0 Å². The summed E-state index contributed by atoms with van der Waals surface area (Å²) in [5.41, 5.74) is -0.127. The van der Waals surface area contributed by atoms with E-state index in [0.717, 1.165) is 12.1 Å². The Labute approximate surface area is 143 Å². The number of amides is 2. The van der Waals surface area contributed by atoms with E-state index >= 15 is 0 Å². The zero-order chi connectivity index (χ0) is 18.6. The van der Waals surface area contributed by atoms with Crippen molar-refractivity contribution in [3.63, 3.8) is 0 Å². The van der Waals surface area contributed by atoms with E-state index < -0.39 is 17.7 Å². The molecular formula is C15H19F2N7O. The van der Waals surface area contributed by atoms with Crippen LogP contribution in [0.1, 0.15) is 5.82 Å². The number of halogens is 2. The van der Waals surface area contributed by atoms with Gasteiger partial charge in [0.05, 0.1) is 12.2 Å². The summed E-state index contributed by atoms with van der Waals surface area (Å²) in [6.07, 6.45) is 0. The first-order valence-electron chi connectivity index (χ1n) is 7.35. The average Bonchev–Trinajstić information content (AvgIpc) is 2.55. The topological polar surface area (TPSA) is 86.3 Å². The fraction of sp³-hybridized carbons (Fsp3) is 0.333. The second kappa shape index (κ2) is 7.69. The molecule has 8 nitrogen and oxygen atoms in total. The van der Waals surface area contributed by atoms with E-state index in [1.54, 1.807) is 38.0 Å². The molecule has 2 aromatic rings. The largest absolute Gasteiger partial charge is 0.347 e. The van der Waals surface area contributed by atoms with Crippen molar-refractivity contribution in [2.75, 3.05) is 43.3 Å². The molecule has 2 amide bonds. The molecule has 0 saturated heterocycles. The SMILES string of the molecule is CN(C)c1nc(CNC(=O)Nc2ccc(F)cc2F)nc(N(C)C)n1. The molecule has 0 fully saturated rings. The first kappa shape index (κ1) is 18.3. The molecule has 1 aromatic heterocycles. The van der Waals surface area contributed by atoms with E-state index in [2.05, 4.69) is 25.6 Å². The highest BCUT2D eigenvalue weighted by atomic mass is 19.1. The van der Waals surface area contributed by atoms with Gasteiger partial charge in [0.15, 0.2) is 5.82 Å². The maximum Gasteiger partial charge on any atom is 0.319 e. The first-order chi connectivity index (χ1) is 11.8. The van der Waals surface area contributed by atoms with Crippen molar-refractivity contribution in [3.05, 3.63) is 35.7 Å². The zero-order valence-electron chi connectivity index (χ0n) is 14.3. The van der Waals surface area contributed by atoms with Crippen molar-refractivity contribution < 1.29 is 13.6 Å². The van der Waals surface area contributed by atoms with E-state index in [-0.39, 0.29) is 12.2 Å². The van der Waals surface area contributed by atoms with Gasteiger partial charge < -0.3 is 20.4 Å². The summed E-state index contributed by atoms with van der Waals surface area (Å²) in [5, 5.41) is 4.82. The standard InChI is InChI=1S/C15H19F2N7O/c1-23(2)13-20-12(21-14(22-13)24(3)4)8-18-15(25)19-11-6-5-9(16)7-10(11)17/h5-7H,8H2,1-4H3,(H2,18,19,25). The molecule has 10 heteroatoms. The molecule has 0 aliphatic heterocycles. The Morgan fingerprint density at radius 3 is 2.16 bits per heavy atom. The quantitative estimate of drug-likeness (QED) is 0.851. The van der Waals surface area contributed by atoms with Gasteiger partial charge in [0.25, 0.3) is 0 Å². The third-order valence-corrected chi connectivity index (χ3v) is 3.04. The van der Waals surface area contributed by atoms with Crippen LogP contribution in [-0.4, -0.2) is 49.2 Å². The molecule has 25 heavy (non-hydrogen) atoms. The minimum absolute atomic E-state index is 0.0127. The van der Waals surface area contributed by atoms with Gasteiger partial charge in [-0.3, -0.25) is 0 Å². The molecule has 0 radical (unpaired) electrons. The summed E-state index contributed by atoms with van der Waals surface area (Å²) in [5.74, 6) is -0.348. The highest BCUT2D eigenvalue weighted by molar-refractivity contribution is 5.89. The number of nitrogens with zero attached hydrogens (tertiary/aromatic N) is 5. The van der Waals surface area contributed by atoms with E-state index in [1.165, 1.54) is 0 Å². The number of nitrogens with one attached hydrogen (secondary N) is 2. The summed E-state index contributed by atoms with van der Waals surface area (Å²) in [4.78, 5) is 28.0. The number of carbonyl (C=O) groups excluding carboxylic acids is 1. The molecule has 0 unspecified atom stereocenters. The Morgan fingerprint density at radius 1 is 1.04 bits per heavy atom. The second-order valence-electron chi connectivity index (χ2n) is 5.57. The van der Waals surface area contributed by atoms with Crippen molar-refractivity contribution in [1.29, 1.82) is 0 Å². The number of urea groups is 1. The molecule has 0 saturated carbocycles. The average molecular weight is 351 g/mol. The second-order valence-corrected chi connectivity index (χ2v) is 5.57. The third kappa shape index (κ3) is 4.96. The molecule has 1 heterocycles. The van der Waals surface area contributed by atoms with Gasteiger partial charge in [0.1, 0.15) is 11.6 Å². The van der Waals surface area contributed by atoms with E-state index in [0.29, 0.717) is 23.8 Å². The van der Waals surface area contributed by atoms with Crippen molar-refractivity contribution in [1.82, 2.24) is 20.3 Å². The van der Waals surface area contributed by atoms with Crippen LogP contribution < -0.4 is 20.4 Å². The number of aromatic nitrogens is 3. The normalized spacial score (nSPS) is 10.3. The van der Waals surface area contributed by atoms with Crippen LogP contribution in [0.15, 0.2) is 18.2 Å². The summed E-state index contributed by atoms with van der Waals surface area (Å²) >= 11 is 0. The Kier molecular flexibility index (Phi) is 5.63. The molecule has 134 valence electrons. The van der Waals surface area contributed by atoms with Crippen LogP contribution in [-0.2, 0) is 6.54 Å². The number of hydrogen-bond donors (Lipinski definition) is 2. The van der Waals surface area contributed by atoms with Crippen molar-refractivity contribution >= 4 is 23.6 Å². The summed E-state index contributed by atoms with van der Waals surface area (Å²) in [6, 6.07) is 2.22. The Balaban J connectivity index is 2.06.